The summed E-state index contributed by atoms with van der Waals surface area (Å²) >= 11 is 1.50. The van der Waals surface area contributed by atoms with E-state index >= 15 is 0 Å². The van der Waals surface area contributed by atoms with E-state index in [2.05, 4.69) is 22.1 Å². The number of aromatic nitrogens is 2. The molecule has 3 heterocycles. The molecule has 1 atom stereocenters. The minimum atomic E-state index is 0.129. The van der Waals surface area contributed by atoms with E-state index in [1.807, 2.05) is 43.9 Å². The molecule has 0 unspecified atom stereocenters. The molecule has 1 amide bonds. The van der Waals surface area contributed by atoms with Crippen LogP contribution in [0.5, 0.6) is 0 Å². The predicted molar refractivity (Wildman–Crippen MR) is 98.0 cm³/mol. The van der Waals surface area contributed by atoms with Crippen molar-refractivity contribution in [3.63, 3.8) is 0 Å². The molecule has 5 nitrogen and oxygen atoms in total. The van der Waals surface area contributed by atoms with Gasteiger partial charge in [0.15, 0.2) is 0 Å². The van der Waals surface area contributed by atoms with Crippen LogP contribution in [0.15, 0.2) is 18.3 Å². The van der Waals surface area contributed by atoms with Gasteiger partial charge in [-0.2, -0.15) is 0 Å². The van der Waals surface area contributed by atoms with Crippen LogP contribution in [0.4, 0.5) is 5.82 Å². The fourth-order valence-corrected chi connectivity index (χ4v) is 4.13. The molecule has 0 aliphatic carbocycles. The number of amides is 1. The van der Waals surface area contributed by atoms with Crippen molar-refractivity contribution in [3.05, 3.63) is 39.5 Å². The number of anilines is 1. The van der Waals surface area contributed by atoms with Crippen LogP contribution in [-0.4, -0.2) is 48.0 Å². The molecule has 0 bridgehead atoms. The second-order valence-corrected chi connectivity index (χ2v) is 7.78. The highest BCUT2D eigenvalue weighted by Gasteiger charge is 2.27. The van der Waals surface area contributed by atoms with Gasteiger partial charge >= 0.3 is 0 Å². The minimum Gasteiger partial charge on any atom is -0.363 e. The molecule has 24 heavy (non-hydrogen) atoms. The summed E-state index contributed by atoms with van der Waals surface area (Å²) in [5.74, 6) is 1.47. The summed E-state index contributed by atoms with van der Waals surface area (Å²) in [6.07, 6.45) is 4.01. The van der Waals surface area contributed by atoms with Crippen LogP contribution >= 0.6 is 11.3 Å². The number of carbonyl (C=O) groups excluding carboxylic acids is 1. The topological polar surface area (TPSA) is 49.3 Å². The lowest BCUT2D eigenvalue weighted by molar-refractivity contribution is 0.0711. The summed E-state index contributed by atoms with van der Waals surface area (Å²) < 4.78 is 0. The zero-order chi connectivity index (χ0) is 17.3. The third-order valence-corrected chi connectivity index (χ3v) is 5.57. The molecular weight excluding hydrogens is 320 g/mol. The number of carbonyl (C=O) groups is 1. The maximum Gasteiger partial charge on any atom is 0.265 e. The second kappa shape index (κ2) is 6.89. The van der Waals surface area contributed by atoms with Crippen LogP contribution in [0.1, 0.15) is 44.7 Å². The molecule has 128 valence electrons. The van der Waals surface area contributed by atoms with E-state index in [0.717, 1.165) is 47.3 Å². The van der Waals surface area contributed by atoms with Gasteiger partial charge in [-0.1, -0.05) is 0 Å². The second-order valence-electron chi connectivity index (χ2n) is 6.58. The van der Waals surface area contributed by atoms with Crippen LogP contribution in [-0.2, 0) is 0 Å². The van der Waals surface area contributed by atoms with Crippen molar-refractivity contribution >= 4 is 23.1 Å². The molecule has 0 spiro atoms. The van der Waals surface area contributed by atoms with Gasteiger partial charge in [0, 0.05) is 39.3 Å². The Balaban J connectivity index is 1.78. The van der Waals surface area contributed by atoms with Gasteiger partial charge in [0.1, 0.15) is 10.7 Å². The van der Waals surface area contributed by atoms with Crippen LogP contribution < -0.4 is 4.90 Å². The number of likely N-dealkylation sites (tertiary alicyclic amines) is 1. The normalized spacial score (nSPS) is 17.8. The number of nitrogens with zero attached hydrogens (tertiary/aromatic N) is 4. The Hall–Kier alpha value is -1.95. The van der Waals surface area contributed by atoms with Crippen molar-refractivity contribution in [1.29, 1.82) is 0 Å². The molecule has 0 radical (unpaired) electrons. The molecule has 0 N–H and O–H groups in total. The molecule has 0 aromatic carbocycles. The van der Waals surface area contributed by atoms with Gasteiger partial charge in [-0.15, -0.1) is 11.3 Å². The fraction of sp³-hybridized carbons (Fsp3) is 0.500. The summed E-state index contributed by atoms with van der Waals surface area (Å²) in [4.78, 5) is 26.4. The lowest BCUT2D eigenvalue weighted by atomic mass is 9.91. The van der Waals surface area contributed by atoms with Gasteiger partial charge in [0.25, 0.3) is 5.91 Å². The lowest BCUT2D eigenvalue weighted by Gasteiger charge is -2.33. The zero-order valence-electron chi connectivity index (χ0n) is 14.7. The van der Waals surface area contributed by atoms with Gasteiger partial charge in [-0.3, -0.25) is 4.79 Å². The van der Waals surface area contributed by atoms with Crippen LogP contribution in [0.25, 0.3) is 0 Å². The molecule has 0 saturated carbocycles. The number of hydrogen-bond donors (Lipinski definition) is 0. The summed E-state index contributed by atoms with van der Waals surface area (Å²) in [6.45, 7) is 5.47. The highest BCUT2D eigenvalue weighted by atomic mass is 32.1. The van der Waals surface area contributed by atoms with Gasteiger partial charge in [-0.25, -0.2) is 9.97 Å². The molecular formula is C18H24N4OS. The third-order valence-electron chi connectivity index (χ3n) is 4.51. The average molecular weight is 344 g/mol. The van der Waals surface area contributed by atoms with E-state index in [1.165, 1.54) is 16.9 Å². The summed E-state index contributed by atoms with van der Waals surface area (Å²) in [5.41, 5.74) is 2.12. The number of aryl methyl sites for hydroxylation is 2. The molecule has 1 saturated heterocycles. The van der Waals surface area contributed by atoms with Crippen LogP contribution in [0.3, 0.4) is 0 Å². The lowest BCUT2D eigenvalue weighted by Crippen LogP contribution is -2.39. The minimum absolute atomic E-state index is 0.129. The monoisotopic (exact) mass is 344 g/mol. The van der Waals surface area contributed by atoms with Crippen molar-refractivity contribution in [3.8, 4) is 0 Å². The Labute approximate surface area is 147 Å². The van der Waals surface area contributed by atoms with E-state index in [9.17, 15) is 4.79 Å². The van der Waals surface area contributed by atoms with Gasteiger partial charge < -0.3 is 9.80 Å². The maximum atomic E-state index is 12.9. The fourth-order valence-electron chi connectivity index (χ4n) is 3.24. The number of piperidine rings is 1. The quantitative estimate of drug-likeness (QED) is 0.858. The van der Waals surface area contributed by atoms with E-state index in [0.29, 0.717) is 5.92 Å². The Kier molecular flexibility index (Phi) is 4.85. The van der Waals surface area contributed by atoms with Crippen molar-refractivity contribution < 1.29 is 4.79 Å². The van der Waals surface area contributed by atoms with E-state index in [4.69, 9.17) is 0 Å². The molecule has 6 heteroatoms. The van der Waals surface area contributed by atoms with E-state index in [-0.39, 0.29) is 5.91 Å². The van der Waals surface area contributed by atoms with Crippen molar-refractivity contribution in [2.24, 2.45) is 0 Å². The summed E-state index contributed by atoms with van der Waals surface area (Å²) in [7, 11) is 4.00. The summed E-state index contributed by atoms with van der Waals surface area (Å²) in [6, 6.07) is 4.22. The van der Waals surface area contributed by atoms with Crippen molar-refractivity contribution in [2.45, 2.75) is 32.6 Å². The molecule has 1 fully saturated rings. The Morgan fingerprint density at radius 2 is 2.17 bits per heavy atom. The molecule has 3 rings (SSSR count). The zero-order valence-corrected chi connectivity index (χ0v) is 15.6. The Morgan fingerprint density at radius 3 is 2.83 bits per heavy atom. The predicted octanol–water partition coefficient (Wildman–Crippen LogP) is 3.24. The van der Waals surface area contributed by atoms with Crippen LogP contribution in [0, 0.1) is 13.8 Å². The Morgan fingerprint density at radius 1 is 1.38 bits per heavy atom. The SMILES string of the molecule is Cc1nc(C)c(C(=O)N2CCC[C@@H](c3ccnc(N(C)C)c3)C2)s1. The number of pyridine rings is 1. The van der Waals surface area contributed by atoms with Gasteiger partial charge in [0.05, 0.1) is 10.7 Å². The molecule has 1 aliphatic rings. The van der Waals surface area contributed by atoms with Crippen molar-refractivity contribution in [1.82, 2.24) is 14.9 Å². The molecule has 2 aromatic heterocycles. The standard InChI is InChI=1S/C18H24N4OS/c1-12-17(24-13(2)20-12)18(23)22-9-5-6-15(11-22)14-7-8-19-16(10-14)21(3)4/h7-8,10,15H,5-6,9,11H2,1-4H3/t15-/m1/s1. The maximum absolute atomic E-state index is 12.9. The first-order valence-corrected chi connectivity index (χ1v) is 9.14. The van der Waals surface area contributed by atoms with Crippen LogP contribution in [0.2, 0.25) is 0 Å². The largest absolute Gasteiger partial charge is 0.363 e. The number of hydrogen-bond acceptors (Lipinski definition) is 5. The number of rotatable bonds is 3. The summed E-state index contributed by atoms with van der Waals surface area (Å²) in [5, 5.41) is 0.953. The smallest absolute Gasteiger partial charge is 0.265 e. The van der Waals surface area contributed by atoms with Gasteiger partial charge in [0.2, 0.25) is 0 Å². The molecule has 1 aliphatic heterocycles. The third kappa shape index (κ3) is 3.43. The first-order valence-electron chi connectivity index (χ1n) is 8.32. The van der Waals surface area contributed by atoms with E-state index in [1.54, 1.807) is 0 Å². The first-order chi connectivity index (χ1) is 11.5. The number of thiazole rings is 1. The van der Waals surface area contributed by atoms with Gasteiger partial charge in [-0.05, 0) is 44.4 Å². The first kappa shape index (κ1) is 16.9. The molecule has 2 aromatic rings. The van der Waals surface area contributed by atoms with Crippen molar-refractivity contribution in [2.75, 3.05) is 32.1 Å². The highest BCUT2D eigenvalue weighted by molar-refractivity contribution is 7.13. The van der Waals surface area contributed by atoms with E-state index < -0.39 is 0 Å². The average Bonchev–Trinajstić information content (AvgIpc) is 2.92. The Bertz CT molecular complexity index is 740. The highest BCUT2D eigenvalue weighted by Crippen LogP contribution is 2.30.